The highest BCUT2D eigenvalue weighted by Crippen LogP contribution is 2.16. The maximum atomic E-state index is 12.5. The number of rotatable bonds is 4. The van der Waals surface area contributed by atoms with Gasteiger partial charge in [0.25, 0.3) is 5.91 Å². The fraction of sp³-hybridized carbons (Fsp3) is 0.267. The van der Waals surface area contributed by atoms with Gasteiger partial charge in [-0.1, -0.05) is 5.21 Å². The van der Waals surface area contributed by atoms with E-state index in [1.54, 1.807) is 22.3 Å². The van der Waals surface area contributed by atoms with Crippen LogP contribution in [-0.2, 0) is 13.1 Å². The zero-order valence-corrected chi connectivity index (χ0v) is 12.8. The van der Waals surface area contributed by atoms with Gasteiger partial charge in [0.05, 0.1) is 5.52 Å². The maximum Gasteiger partial charge on any atom is 0.253 e. The second-order valence-electron chi connectivity index (χ2n) is 4.90. The minimum absolute atomic E-state index is 0.00542. The molecule has 0 aliphatic rings. The van der Waals surface area contributed by atoms with E-state index in [-0.39, 0.29) is 5.91 Å². The van der Waals surface area contributed by atoms with Crippen molar-refractivity contribution in [1.29, 1.82) is 0 Å². The number of hydrogen-bond acceptors (Lipinski definition) is 4. The molecule has 0 saturated carbocycles. The van der Waals surface area contributed by atoms with Crippen molar-refractivity contribution in [2.75, 3.05) is 7.05 Å². The Morgan fingerprint density at radius 3 is 2.95 bits per heavy atom. The van der Waals surface area contributed by atoms with Crippen molar-refractivity contribution >= 4 is 28.3 Å². The number of fused-ring (bicyclic) bond motifs is 1. The molecule has 0 radical (unpaired) electrons. The maximum absolute atomic E-state index is 12.5. The van der Waals surface area contributed by atoms with Crippen LogP contribution in [0.2, 0.25) is 0 Å². The van der Waals surface area contributed by atoms with Crippen molar-refractivity contribution in [3.8, 4) is 0 Å². The van der Waals surface area contributed by atoms with Gasteiger partial charge in [-0.25, -0.2) is 4.68 Å². The van der Waals surface area contributed by atoms with E-state index in [4.69, 9.17) is 0 Å². The van der Waals surface area contributed by atoms with Gasteiger partial charge < -0.3 is 4.90 Å². The molecule has 108 valence electrons. The van der Waals surface area contributed by atoms with Crippen molar-refractivity contribution in [3.05, 3.63) is 46.2 Å². The van der Waals surface area contributed by atoms with Gasteiger partial charge in [0.1, 0.15) is 5.52 Å². The molecule has 0 fully saturated rings. The fourth-order valence-electron chi connectivity index (χ4n) is 2.29. The quantitative estimate of drug-likeness (QED) is 0.744. The van der Waals surface area contributed by atoms with Crippen LogP contribution in [0.3, 0.4) is 0 Å². The van der Waals surface area contributed by atoms with Crippen LogP contribution in [0.5, 0.6) is 0 Å². The molecular weight excluding hydrogens is 284 g/mol. The minimum atomic E-state index is -0.00542. The van der Waals surface area contributed by atoms with Crippen LogP contribution >= 0.6 is 11.3 Å². The third-order valence-corrected chi connectivity index (χ3v) is 4.14. The number of benzene rings is 1. The Morgan fingerprint density at radius 1 is 1.38 bits per heavy atom. The standard InChI is InChI=1S/C15H16N4OS/c1-3-19-14-5-4-12(8-13(14)16-17-19)15(20)18(2)9-11-6-7-21-10-11/h4-8,10H,3,9H2,1-2H3. The average Bonchev–Trinajstić information content (AvgIpc) is 3.14. The highest BCUT2D eigenvalue weighted by atomic mass is 32.1. The highest BCUT2D eigenvalue weighted by Gasteiger charge is 2.14. The molecule has 0 saturated heterocycles. The van der Waals surface area contributed by atoms with Crippen molar-refractivity contribution in [2.24, 2.45) is 0 Å². The molecule has 21 heavy (non-hydrogen) atoms. The predicted molar refractivity (Wildman–Crippen MR) is 83.3 cm³/mol. The first-order chi connectivity index (χ1) is 10.2. The monoisotopic (exact) mass is 300 g/mol. The summed E-state index contributed by atoms with van der Waals surface area (Å²) in [6.07, 6.45) is 0. The van der Waals surface area contributed by atoms with Crippen molar-refractivity contribution in [2.45, 2.75) is 20.0 Å². The summed E-state index contributed by atoms with van der Waals surface area (Å²) in [4.78, 5) is 14.2. The van der Waals surface area contributed by atoms with Crippen LogP contribution in [-0.4, -0.2) is 32.8 Å². The van der Waals surface area contributed by atoms with E-state index in [0.29, 0.717) is 12.1 Å². The lowest BCUT2D eigenvalue weighted by molar-refractivity contribution is 0.0785. The number of amides is 1. The van der Waals surface area contributed by atoms with E-state index in [9.17, 15) is 4.79 Å². The topological polar surface area (TPSA) is 51.0 Å². The van der Waals surface area contributed by atoms with Gasteiger partial charge in [0, 0.05) is 25.7 Å². The number of thiophene rings is 1. The molecule has 0 N–H and O–H groups in total. The van der Waals surface area contributed by atoms with Gasteiger partial charge in [-0.15, -0.1) is 5.10 Å². The summed E-state index contributed by atoms with van der Waals surface area (Å²) in [6, 6.07) is 7.58. The molecule has 0 aliphatic heterocycles. The Kier molecular flexibility index (Phi) is 3.70. The number of hydrogen-bond donors (Lipinski definition) is 0. The second-order valence-corrected chi connectivity index (χ2v) is 5.68. The molecule has 3 aromatic rings. The van der Waals surface area contributed by atoms with Gasteiger partial charge in [-0.05, 0) is 47.5 Å². The molecule has 0 aliphatic carbocycles. The predicted octanol–water partition coefficient (Wildman–Crippen LogP) is 2.78. The molecule has 0 bridgehead atoms. The molecule has 3 rings (SSSR count). The average molecular weight is 300 g/mol. The summed E-state index contributed by atoms with van der Waals surface area (Å²) in [7, 11) is 1.81. The number of nitrogens with zero attached hydrogens (tertiary/aromatic N) is 4. The SMILES string of the molecule is CCn1nnc2cc(C(=O)N(C)Cc3ccsc3)ccc21. The smallest absolute Gasteiger partial charge is 0.253 e. The fourth-order valence-corrected chi connectivity index (χ4v) is 2.95. The summed E-state index contributed by atoms with van der Waals surface area (Å²) in [5, 5.41) is 12.2. The molecule has 2 aromatic heterocycles. The lowest BCUT2D eigenvalue weighted by Gasteiger charge is -2.16. The normalized spacial score (nSPS) is 11.0. The van der Waals surface area contributed by atoms with E-state index in [1.807, 2.05) is 42.2 Å². The van der Waals surface area contributed by atoms with Crippen LogP contribution in [0.15, 0.2) is 35.0 Å². The third kappa shape index (κ3) is 2.67. The number of aryl methyl sites for hydroxylation is 1. The summed E-state index contributed by atoms with van der Waals surface area (Å²) >= 11 is 1.64. The molecule has 1 aromatic carbocycles. The molecule has 1 amide bonds. The molecule has 6 heteroatoms. The Bertz CT molecular complexity index is 763. The number of carbonyl (C=O) groups is 1. The Morgan fingerprint density at radius 2 is 2.24 bits per heavy atom. The molecule has 0 unspecified atom stereocenters. The Balaban J connectivity index is 1.84. The lowest BCUT2D eigenvalue weighted by Crippen LogP contribution is -2.25. The summed E-state index contributed by atoms with van der Waals surface area (Å²) in [5.41, 5.74) is 3.50. The van der Waals surface area contributed by atoms with Crippen molar-refractivity contribution in [3.63, 3.8) is 0 Å². The first-order valence-electron chi connectivity index (χ1n) is 6.79. The summed E-state index contributed by atoms with van der Waals surface area (Å²) in [6.45, 7) is 3.39. The van der Waals surface area contributed by atoms with E-state index in [1.165, 1.54) is 0 Å². The third-order valence-electron chi connectivity index (χ3n) is 3.41. The number of aromatic nitrogens is 3. The Labute approximate surface area is 126 Å². The van der Waals surface area contributed by atoms with E-state index < -0.39 is 0 Å². The Hall–Kier alpha value is -2.21. The first kappa shape index (κ1) is 13.8. The summed E-state index contributed by atoms with van der Waals surface area (Å²) in [5.74, 6) is -0.00542. The van der Waals surface area contributed by atoms with Gasteiger partial charge in [0.2, 0.25) is 0 Å². The van der Waals surface area contributed by atoms with Crippen LogP contribution < -0.4 is 0 Å². The molecular formula is C15H16N4OS. The van der Waals surface area contributed by atoms with Crippen LogP contribution in [0.25, 0.3) is 11.0 Å². The van der Waals surface area contributed by atoms with Gasteiger partial charge in [0.15, 0.2) is 0 Å². The van der Waals surface area contributed by atoms with Crippen LogP contribution in [0.1, 0.15) is 22.8 Å². The van der Waals surface area contributed by atoms with Crippen molar-refractivity contribution in [1.82, 2.24) is 19.9 Å². The van der Waals surface area contributed by atoms with Crippen molar-refractivity contribution < 1.29 is 4.79 Å². The molecule has 0 spiro atoms. The van der Waals surface area contributed by atoms with Gasteiger partial charge in [-0.2, -0.15) is 11.3 Å². The summed E-state index contributed by atoms with van der Waals surface area (Å²) < 4.78 is 1.82. The van der Waals surface area contributed by atoms with Gasteiger partial charge >= 0.3 is 0 Å². The first-order valence-corrected chi connectivity index (χ1v) is 7.73. The number of carbonyl (C=O) groups excluding carboxylic acids is 1. The minimum Gasteiger partial charge on any atom is -0.337 e. The largest absolute Gasteiger partial charge is 0.337 e. The second kappa shape index (κ2) is 5.65. The van der Waals surface area contributed by atoms with E-state index in [2.05, 4.69) is 15.7 Å². The van der Waals surface area contributed by atoms with E-state index in [0.717, 1.165) is 23.1 Å². The molecule has 2 heterocycles. The lowest BCUT2D eigenvalue weighted by atomic mass is 10.1. The zero-order valence-electron chi connectivity index (χ0n) is 12.0. The van der Waals surface area contributed by atoms with Crippen LogP contribution in [0, 0.1) is 0 Å². The highest BCUT2D eigenvalue weighted by molar-refractivity contribution is 7.07. The molecule has 0 atom stereocenters. The van der Waals surface area contributed by atoms with Gasteiger partial charge in [-0.3, -0.25) is 4.79 Å². The van der Waals surface area contributed by atoms with E-state index >= 15 is 0 Å². The zero-order chi connectivity index (χ0) is 14.8. The van der Waals surface area contributed by atoms with Crippen LogP contribution in [0.4, 0.5) is 0 Å². The molecule has 5 nitrogen and oxygen atoms in total.